The fraction of sp³-hybridized carbons (Fsp3) is 0.526. The maximum Gasteiger partial charge on any atom is 0.410 e. The molecule has 2 N–H and O–H groups in total. The predicted octanol–water partition coefficient (Wildman–Crippen LogP) is 4.30. The van der Waals surface area contributed by atoms with Crippen LogP contribution in [0.4, 0.5) is 4.79 Å². The first kappa shape index (κ1) is 22.8. The second-order valence-corrected chi connectivity index (χ2v) is 6.87. The van der Waals surface area contributed by atoms with E-state index in [1.165, 1.54) is 0 Å². The molecule has 0 aliphatic carbocycles. The summed E-state index contributed by atoms with van der Waals surface area (Å²) in [6, 6.07) is 6.14. The molecule has 2 atom stereocenters. The normalized spacial score (nSPS) is 12.9. The molecule has 0 aliphatic heterocycles. The van der Waals surface area contributed by atoms with Gasteiger partial charge in [0.05, 0.1) is 6.04 Å². The van der Waals surface area contributed by atoms with Crippen LogP contribution in [0.2, 0.25) is 5.02 Å². The number of ether oxygens (including phenoxy) is 2. The van der Waals surface area contributed by atoms with Gasteiger partial charge in [0.2, 0.25) is 0 Å². The average Bonchev–Trinajstić information content (AvgIpc) is 2.58. The van der Waals surface area contributed by atoms with Crippen molar-refractivity contribution in [2.75, 3.05) is 0 Å². The van der Waals surface area contributed by atoms with Gasteiger partial charge < -0.3 is 19.9 Å². The first-order valence-corrected chi connectivity index (χ1v) is 9.24. The van der Waals surface area contributed by atoms with E-state index in [1.54, 1.807) is 38.1 Å². The summed E-state index contributed by atoms with van der Waals surface area (Å²) in [4.78, 5) is 34.9. The third kappa shape index (κ3) is 8.77. The fourth-order valence-corrected chi connectivity index (χ4v) is 2.38. The van der Waals surface area contributed by atoms with Crippen molar-refractivity contribution in [2.45, 2.75) is 58.8 Å². The number of hydrogen-bond donors (Lipinski definition) is 2. The van der Waals surface area contributed by atoms with Gasteiger partial charge in [0.15, 0.2) is 0 Å². The number of nitrogens with one attached hydrogen (secondary N) is 1. The number of rotatable bonds is 10. The minimum atomic E-state index is -1.02. The minimum Gasteiger partial charge on any atom is -0.481 e. The van der Waals surface area contributed by atoms with Crippen LogP contribution in [0.1, 0.15) is 58.1 Å². The summed E-state index contributed by atoms with van der Waals surface area (Å²) >= 11 is 5.87. The maximum atomic E-state index is 12.3. The van der Waals surface area contributed by atoms with Gasteiger partial charge in [-0.1, -0.05) is 44.5 Å². The number of carboxylic acid groups (broad SMARTS) is 1. The molecular formula is C19H26ClNO6. The number of alkyl carbamates (subject to hydrolysis) is 1. The molecule has 150 valence electrons. The van der Waals surface area contributed by atoms with Crippen molar-refractivity contribution in [3.63, 3.8) is 0 Å². The summed E-state index contributed by atoms with van der Waals surface area (Å²) in [5.74, 6) is -1.65. The van der Waals surface area contributed by atoms with E-state index in [4.69, 9.17) is 26.2 Å². The highest BCUT2D eigenvalue weighted by molar-refractivity contribution is 6.30. The fourth-order valence-electron chi connectivity index (χ4n) is 2.26. The first-order valence-electron chi connectivity index (χ1n) is 8.86. The summed E-state index contributed by atoms with van der Waals surface area (Å²) in [6.45, 7) is 5.37. The number of benzene rings is 1. The van der Waals surface area contributed by atoms with Crippen molar-refractivity contribution in [1.82, 2.24) is 5.32 Å². The predicted molar refractivity (Wildman–Crippen MR) is 100 cm³/mol. The van der Waals surface area contributed by atoms with Gasteiger partial charge >= 0.3 is 18.0 Å². The van der Waals surface area contributed by atoms with E-state index in [1.807, 2.05) is 6.92 Å². The molecule has 0 aliphatic rings. The van der Waals surface area contributed by atoms with Crippen LogP contribution < -0.4 is 5.32 Å². The van der Waals surface area contributed by atoms with Crippen molar-refractivity contribution >= 4 is 29.6 Å². The average molecular weight is 400 g/mol. The Morgan fingerprint density at radius 3 is 2.26 bits per heavy atom. The lowest BCUT2D eigenvalue weighted by Crippen LogP contribution is -2.36. The Morgan fingerprint density at radius 1 is 1.11 bits per heavy atom. The van der Waals surface area contributed by atoms with Gasteiger partial charge in [-0.3, -0.25) is 9.59 Å². The highest BCUT2D eigenvalue weighted by atomic mass is 35.5. The second kappa shape index (κ2) is 11.4. The largest absolute Gasteiger partial charge is 0.481 e. The molecule has 27 heavy (non-hydrogen) atoms. The van der Waals surface area contributed by atoms with Crippen LogP contribution in [-0.2, 0) is 19.1 Å². The lowest BCUT2D eigenvalue weighted by Gasteiger charge is -2.24. The van der Waals surface area contributed by atoms with Crippen LogP contribution in [0.3, 0.4) is 0 Å². The third-order valence-electron chi connectivity index (χ3n) is 3.68. The summed E-state index contributed by atoms with van der Waals surface area (Å²) in [6.07, 6.45) is -0.900. The van der Waals surface area contributed by atoms with Gasteiger partial charge in [0, 0.05) is 23.8 Å². The Kier molecular flexibility index (Phi) is 9.64. The number of carbonyl (C=O) groups is 3. The number of carbonyl (C=O) groups excluding carboxylic acids is 2. The molecule has 1 amide bonds. The van der Waals surface area contributed by atoms with Crippen LogP contribution in [0, 0.1) is 5.92 Å². The van der Waals surface area contributed by atoms with E-state index >= 15 is 0 Å². The molecule has 1 aromatic carbocycles. The SMILES string of the molecule is CCCC(=O)OC(OC(=O)NC(CCC(=O)O)c1ccc(Cl)cc1)C(C)C. The highest BCUT2D eigenvalue weighted by Gasteiger charge is 2.24. The zero-order chi connectivity index (χ0) is 20.4. The number of amides is 1. The van der Waals surface area contributed by atoms with Gasteiger partial charge in [-0.2, -0.15) is 0 Å². The van der Waals surface area contributed by atoms with Gasteiger partial charge in [-0.15, -0.1) is 0 Å². The number of aliphatic carboxylic acids is 1. The monoisotopic (exact) mass is 399 g/mol. The van der Waals surface area contributed by atoms with Crippen LogP contribution in [0.15, 0.2) is 24.3 Å². The molecule has 8 heteroatoms. The topological polar surface area (TPSA) is 102 Å². The Labute approximate surface area is 164 Å². The molecule has 2 unspecified atom stereocenters. The Morgan fingerprint density at radius 2 is 1.74 bits per heavy atom. The van der Waals surface area contributed by atoms with Crippen molar-refractivity contribution in [1.29, 1.82) is 0 Å². The minimum absolute atomic E-state index is 0.132. The number of carboxylic acids is 1. The molecule has 0 saturated heterocycles. The van der Waals surface area contributed by atoms with Crippen molar-refractivity contribution in [3.05, 3.63) is 34.9 Å². The molecule has 0 radical (unpaired) electrons. The highest BCUT2D eigenvalue weighted by Crippen LogP contribution is 2.21. The third-order valence-corrected chi connectivity index (χ3v) is 3.93. The molecule has 7 nitrogen and oxygen atoms in total. The molecule has 0 heterocycles. The van der Waals surface area contributed by atoms with Crippen LogP contribution in [0.25, 0.3) is 0 Å². The lowest BCUT2D eigenvalue weighted by atomic mass is 10.0. The Bertz CT molecular complexity index is 632. The van der Waals surface area contributed by atoms with Crippen molar-refractivity contribution in [3.8, 4) is 0 Å². The Balaban J connectivity index is 2.79. The van der Waals surface area contributed by atoms with E-state index in [-0.39, 0.29) is 25.2 Å². The number of halogens is 1. The summed E-state index contributed by atoms with van der Waals surface area (Å²) < 4.78 is 10.4. The summed E-state index contributed by atoms with van der Waals surface area (Å²) in [5.41, 5.74) is 0.696. The van der Waals surface area contributed by atoms with Crippen molar-refractivity contribution in [2.24, 2.45) is 5.92 Å². The van der Waals surface area contributed by atoms with Crippen LogP contribution >= 0.6 is 11.6 Å². The molecule has 0 spiro atoms. The maximum absolute atomic E-state index is 12.3. The van der Waals surface area contributed by atoms with Crippen LogP contribution in [0.5, 0.6) is 0 Å². The van der Waals surface area contributed by atoms with E-state index in [0.29, 0.717) is 17.0 Å². The van der Waals surface area contributed by atoms with Gasteiger partial charge in [-0.05, 0) is 30.5 Å². The molecular weight excluding hydrogens is 374 g/mol. The number of hydrogen-bond acceptors (Lipinski definition) is 5. The van der Waals surface area contributed by atoms with E-state index in [9.17, 15) is 14.4 Å². The number of esters is 1. The summed E-state index contributed by atoms with van der Waals surface area (Å²) in [7, 11) is 0. The van der Waals surface area contributed by atoms with Crippen LogP contribution in [-0.4, -0.2) is 29.4 Å². The van der Waals surface area contributed by atoms with E-state index in [0.717, 1.165) is 0 Å². The smallest absolute Gasteiger partial charge is 0.410 e. The quantitative estimate of drug-likeness (QED) is 0.449. The lowest BCUT2D eigenvalue weighted by molar-refractivity contribution is -0.175. The molecule has 0 fully saturated rings. The van der Waals surface area contributed by atoms with E-state index < -0.39 is 30.4 Å². The molecule has 0 aromatic heterocycles. The van der Waals surface area contributed by atoms with E-state index in [2.05, 4.69) is 5.32 Å². The second-order valence-electron chi connectivity index (χ2n) is 6.44. The zero-order valence-electron chi connectivity index (χ0n) is 15.7. The molecule has 1 aromatic rings. The molecule has 0 saturated carbocycles. The van der Waals surface area contributed by atoms with Crippen molar-refractivity contribution < 1.29 is 29.0 Å². The summed E-state index contributed by atoms with van der Waals surface area (Å²) in [5, 5.41) is 12.1. The zero-order valence-corrected chi connectivity index (χ0v) is 16.5. The first-order chi connectivity index (χ1) is 12.7. The molecule has 0 bridgehead atoms. The van der Waals surface area contributed by atoms with Gasteiger partial charge in [0.1, 0.15) is 0 Å². The standard InChI is InChI=1S/C19H26ClNO6/c1-4-5-17(24)26-18(12(2)3)27-19(25)21-15(10-11-16(22)23)13-6-8-14(20)9-7-13/h6-9,12,15,18H,4-5,10-11H2,1-3H3,(H,21,25)(H,22,23). The van der Waals surface area contributed by atoms with Gasteiger partial charge in [-0.25, -0.2) is 4.79 Å². The molecule has 1 rings (SSSR count). The Hall–Kier alpha value is -2.28. The van der Waals surface area contributed by atoms with Gasteiger partial charge in [0.25, 0.3) is 6.29 Å².